The van der Waals surface area contributed by atoms with Crippen LogP contribution in [0.15, 0.2) is 119 Å². The molecule has 246 valence electrons. The van der Waals surface area contributed by atoms with Gasteiger partial charge >= 0.3 is 5.97 Å². The van der Waals surface area contributed by atoms with Crippen molar-refractivity contribution >= 4 is 23.1 Å². The number of carboxylic acid groups (broad SMARTS) is 1. The Morgan fingerprint density at radius 3 is 2.51 bits per heavy atom. The van der Waals surface area contributed by atoms with Crippen LogP contribution in [-0.4, -0.2) is 46.0 Å². The van der Waals surface area contributed by atoms with Crippen LogP contribution in [0.3, 0.4) is 0 Å². The molecule has 1 saturated heterocycles. The van der Waals surface area contributed by atoms with E-state index >= 15 is 0 Å². The van der Waals surface area contributed by atoms with E-state index in [0.29, 0.717) is 25.2 Å². The number of carboxylic acids is 1. The number of ether oxygens (including phenoxy) is 1. The summed E-state index contributed by atoms with van der Waals surface area (Å²) in [6.45, 7) is 15.4. The molecule has 0 spiro atoms. The first kappa shape index (κ1) is 32.6. The summed E-state index contributed by atoms with van der Waals surface area (Å²) in [5, 5.41) is 24.6. The highest BCUT2D eigenvalue weighted by Crippen LogP contribution is 2.46. The Morgan fingerprint density at radius 1 is 1.04 bits per heavy atom. The molecule has 1 fully saturated rings. The molecule has 0 amide bonds. The Balaban J connectivity index is 1.53. The number of aliphatic hydroxyl groups is 1. The number of allylic oxidation sites excluding steroid dienone is 12. The van der Waals surface area contributed by atoms with Crippen molar-refractivity contribution in [2.24, 2.45) is 26.8 Å². The second-order valence-corrected chi connectivity index (χ2v) is 13.1. The zero-order chi connectivity index (χ0) is 33.6. The summed E-state index contributed by atoms with van der Waals surface area (Å²) in [6, 6.07) is 0. The summed E-state index contributed by atoms with van der Waals surface area (Å²) in [5.74, 6) is -0.576. The average Bonchev–Trinajstić information content (AvgIpc) is 3.78. The highest BCUT2D eigenvalue weighted by Gasteiger charge is 2.41. The third-order valence-electron chi connectivity index (χ3n) is 10.2. The average molecular weight is 635 g/mol. The van der Waals surface area contributed by atoms with Crippen molar-refractivity contribution in [3.63, 3.8) is 0 Å². The van der Waals surface area contributed by atoms with Gasteiger partial charge in [0.1, 0.15) is 5.76 Å². The lowest BCUT2D eigenvalue weighted by molar-refractivity contribution is -0.137. The summed E-state index contributed by atoms with van der Waals surface area (Å²) in [4.78, 5) is 27.2. The minimum atomic E-state index is -0.820. The molecule has 5 aliphatic heterocycles. The van der Waals surface area contributed by atoms with Gasteiger partial charge in [0.15, 0.2) is 0 Å². The Labute approximate surface area is 277 Å². The minimum Gasteiger partial charge on any atom is -0.511 e. The van der Waals surface area contributed by atoms with E-state index < -0.39 is 5.97 Å². The topological polar surface area (TPSA) is 116 Å². The number of nitrogens with one attached hydrogen (secondary N) is 1. The molecular weight excluding hydrogens is 588 g/mol. The van der Waals surface area contributed by atoms with Gasteiger partial charge in [-0.25, -0.2) is 15.0 Å². The highest BCUT2D eigenvalue weighted by molar-refractivity contribution is 6.21. The largest absolute Gasteiger partial charge is 0.511 e. The second kappa shape index (κ2) is 13.1. The van der Waals surface area contributed by atoms with Gasteiger partial charge in [0.2, 0.25) is 0 Å². The summed E-state index contributed by atoms with van der Waals surface area (Å²) in [7, 11) is 0. The molecule has 0 aromatic heterocycles. The Kier molecular flexibility index (Phi) is 9.07. The van der Waals surface area contributed by atoms with Crippen molar-refractivity contribution in [3.8, 4) is 0 Å². The molecule has 6 aliphatic rings. The van der Waals surface area contributed by atoms with E-state index in [0.717, 1.165) is 104 Å². The lowest BCUT2D eigenvalue weighted by Crippen LogP contribution is -2.15. The third-order valence-corrected chi connectivity index (χ3v) is 10.2. The van der Waals surface area contributed by atoms with Crippen LogP contribution in [0.2, 0.25) is 0 Å². The van der Waals surface area contributed by atoms with Gasteiger partial charge in [-0.1, -0.05) is 32.9 Å². The summed E-state index contributed by atoms with van der Waals surface area (Å²) in [5.41, 5.74) is 14.0. The molecule has 6 rings (SSSR count). The SMILES string of the molecule is CC/C=C/CCOC(C)C1=C(C)C2=NC1=CC1=NC(=CC3=C(C)C4=C(O)CC(=C5NC(=C2)[C@@H](C)[C@@H]5CCC(=O)O)C4=N3)C(CC)=C1C. The molecule has 0 aromatic rings. The van der Waals surface area contributed by atoms with E-state index in [1.807, 2.05) is 13.0 Å². The van der Waals surface area contributed by atoms with E-state index in [4.69, 9.17) is 19.7 Å². The van der Waals surface area contributed by atoms with Crippen molar-refractivity contribution in [1.82, 2.24) is 5.32 Å². The lowest BCUT2D eigenvalue weighted by Gasteiger charge is -2.17. The van der Waals surface area contributed by atoms with Crippen molar-refractivity contribution in [2.45, 2.75) is 93.1 Å². The maximum absolute atomic E-state index is 11.7. The number of rotatable bonds is 10. The monoisotopic (exact) mass is 634 g/mol. The maximum Gasteiger partial charge on any atom is 0.303 e. The van der Waals surface area contributed by atoms with Crippen molar-refractivity contribution < 1.29 is 19.7 Å². The number of hydrogen-bond donors (Lipinski definition) is 3. The Hall–Kier alpha value is -4.30. The van der Waals surface area contributed by atoms with Gasteiger partial charge in [0.05, 0.1) is 46.9 Å². The molecule has 0 radical (unpaired) electrons. The molecule has 3 N–H and O–H groups in total. The Bertz CT molecular complexity index is 1810. The highest BCUT2D eigenvalue weighted by atomic mass is 16.5. The van der Waals surface area contributed by atoms with Crippen LogP contribution in [-0.2, 0) is 9.53 Å². The first-order valence-electron chi connectivity index (χ1n) is 17.0. The van der Waals surface area contributed by atoms with Gasteiger partial charge in [-0.2, -0.15) is 0 Å². The van der Waals surface area contributed by atoms with E-state index in [9.17, 15) is 15.0 Å². The molecule has 47 heavy (non-hydrogen) atoms. The quantitative estimate of drug-likeness (QED) is 0.165. The molecule has 1 unspecified atom stereocenters. The number of hydrogen-bond acceptors (Lipinski definition) is 7. The van der Waals surface area contributed by atoms with Crippen LogP contribution < -0.4 is 5.32 Å². The maximum atomic E-state index is 11.7. The predicted molar refractivity (Wildman–Crippen MR) is 188 cm³/mol. The number of aliphatic hydroxyl groups excluding tert-OH is 1. The molecule has 8 bridgehead atoms. The molecule has 3 atom stereocenters. The van der Waals surface area contributed by atoms with E-state index in [1.54, 1.807) is 0 Å². The van der Waals surface area contributed by atoms with Crippen LogP contribution in [0.5, 0.6) is 0 Å². The van der Waals surface area contributed by atoms with Crippen LogP contribution >= 0.6 is 0 Å². The molecule has 8 heteroatoms. The second-order valence-electron chi connectivity index (χ2n) is 13.1. The third kappa shape index (κ3) is 5.88. The van der Waals surface area contributed by atoms with Crippen LogP contribution in [0.1, 0.15) is 87.0 Å². The van der Waals surface area contributed by atoms with Crippen LogP contribution in [0, 0.1) is 11.8 Å². The summed E-state index contributed by atoms with van der Waals surface area (Å²) >= 11 is 0. The zero-order valence-corrected chi connectivity index (χ0v) is 28.6. The van der Waals surface area contributed by atoms with Crippen molar-refractivity contribution in [3.05, 3.63) is 104 Å². The van der Waals surface area contributed by atoms with Gasteiger partial charge in [0, 0.05) is 52.8 Å². The van der Waals surface area contributed by atoms with Gasteiger partial charge < -0.3 is 20.3 Å². The first-order chi connectivity index (χ1) is 22.5. The van der Waals surface area contributed by atoms with Gasteiger partial charge in [-0.3, -0.25) is 4.79 Å². The van der Waals surface area contributed by atoms with Crippen LogP contribution in [0.25, 0.3) is 0 Å². The number of aliphatic imine (C=N–C) groups is 3. The molecule has 0 aromatic carbocycles. The molecular formula is C39H46N4O4. The smallest absolute Gasteiger partial charge is 0.303 e. The fraction of sp³-hybridized carbons (Fsp3) is 0.436. The number of aliphatic carboxylic acids is 1. The number of fused-ring (bicyclic) bond motifs is 5. The lowest BCUT2D eigenvalue weighted by atomic mass is 9.86. The summed E-state index contributed by atoms with van der Waals surface area (Å²) < 4.78 is 6.37. The van der Waals surface area contributed by atoms with Gasteiger partial charge in [-0.15, -0.1) is 0 Å². The summed E-state index contributed by atoms with van der Waals surface area (Å²) in [6.07, 6.45) is 14.0. The fourth-order valence-corrected chi connectivity index (χ4v) is 7.60. The number of nitrogens with zero attached hydrogens (tertiary/aromatic N) is 3. The van der Waals surface area contributed by atoms with E-state index in [-0.39, 0.29) is 24.4 Å². The van der Waals surface area contributed by atoms with Gasteiger partial charge in [0.25, 0.3) is 0 Å². The molecule has 8 nitrogen and oxygen atoms in total. The van der Waals surface area contributed by atoms with Crippen molar-refractivity contribution in [1.29, 1.82) is 0 Å². The number of carbonyl (C=O) groups is 1. The minimum absolute atomic E-state index is 0.0139. The molecule has 0 saturated carbocycles. The standard InChI is InChI=1S/C39H46N4O4/c1-8-10-11-12-15-47-24(7)36-22(5)30-17-29-21(4)26(13-14-35(45)46)38(42-29)27-16-34(44)37-23(6)31(43-39(27)37)18-32-25(9-2)20(3)28(40-32)19-33(36)41-30/h10-11,17-19,21,24,26,42,44H,8-9,12-16H2,1-7H3,(H,45,46)/b11-10+,29-17?,32-18?,33-19?,38-27?/t21-,24?,26-/m0/s1. The first-order valence-corrected chi connectivity index (χ1v) is 17.0. The van der Waals surface area contributed by atoms with Gasteiger partial charge in [-0.05, 0) is 93.9 Å². The normalized spacial score (nSPS) is 24.3. The molecule has 1 aliphatic carbocycles. The fourth-order valence-electron chi connectivity index (χ4n) is 7.60. The predicted octanol–water partition coefficient (Wildman–Crippen LogP) is 8.28. The molecule has 5 heterocycles. The van der Waals surface area contributed by atoms with Crippen LogP contribution in [0.4, 0.5) is 0 Å². The van der Waals surface area contributed by atoms with E-state index in [1.165, 1.54) is 0 Å². The zero-order valence-electron chi connectivity index (χ0n) is 28.6. The Morgan fingerprint density at radius 2 is 1.79 bits per heavy atom. The van der Waals surface area contributed by atoms with E-state index in [2.05, 4.69) is 71.2 Å². The van der Waals surface area contributed by atoms with Crippen molar-refractivity contribution in [2.75, 3.05) is 6.61 Å².